The number of nitrogens with one attached hydrogen (secondary N) is 1. The number of amides is 1. The van der Waals surface area contributed by atoms with Crippen molar-refractivity contribution in [2.45, 2.75) is 13.8 Å². The van der Waals surface area contributed by atoms with Crippen LogP contribution in [0.2, 0.25) is 0 Å². The van der Waals surface area contributed by atoms with Crippen molar-refractivity contribution in [3.63, 3.8) is 0 Å². The molecule has 0 atom stereocenters. The number of aromatic nitrogens is 2. The summed E-state index contributed by atoms with van der Waals surface area (Å²) in [7, 11) is 0. The number of fused-ring (bicyclic) bond motifs is 1. The molecule has 0 saturated carbocycles. The highest BCUT2D eigenvalue weighted by molar-refractivity contribution is 7.20. The summed E-state index contributed by atoms with van der Waals surface area (Å²) >= 11 is 1.23. The standard InChI is InChI=1S/C19H14N4O4S/c1-10-5-11(2)7-13(6-10)18-21-22-19(27-18)20-17(24)16-9-12-8-14(23(25)26)3-4-15(12)28-16/h3-9H,1-2H3,(H,20,22,24). The van der Waals surface area contributed by atoms with Crippen molar-refractivity contribution in [3.05, 3.63) is 68.6 Å². The number of benzene rings is 2. The van der Waals surface area contributed by atoms with Crippen LogP contribution in [0, 0.1) is 24.0 Å². The Labute approximate surface area is 163 Å². The summed E-state index contributed by atoms with van der Waals surface area (Å²) in [5.74, 6) is -0.103. The molecule has 0 bridgehead atoms. The number of non-ortho nitro benzene ring substituents is 1. The van der Waals surface area contributed by atoms with Crippen molar-refractivity contribution in [2.24, 2.45) is 0 Å². The zero-order chi connectivity index (χ0) is 19.8. The molecule has 0 aliphatic heterocycles. The number of hydrogen-bond donors (Lipinski definition) is 1. The second kappa shape index (κ2) is 6.86. The molecule has 4 aromatic rings. The van der Waals surface area contributed by atoms with Crippen LogP contribution in [0.15, 0.2) is 46.9 Å². The van der Waals surface area contributed by atoms with E-state index in [1.54, 1.807) is 12.1 Å². The predicted molar refractivity (Wildman–Crippen MR) is 106 cm³/mol. The molecule has 2 heterocycles. The molecule has 0 spiro atoms. The van der Waals surface area contributed by atoms with Gasteiger partial charge in [-0.3, -0.25) is 20.2 Å². The monoisotopic (exact) mass is 394 g/mol. The van der Waals surface area contributed by atoms with E-state index in [1.165, 1.54) is 23.5 Å². The number of anilines is 1. The number of rotatable bonds is 4. The molecular formula is C19H14N4O4S. The summed E-state index contributed by atoms with van der Waals surface area (Å²) in [4.78, 5) is 23.3. The molecule has 0 fully saturated rings. The van der Waals surface area contributed by atoms with Gasteiger partial charge >= 0.3 is 6.01 Å². The van der Waals surface area contributed by atoms with Gasteiger partial charge in [0.2, 0.25) is 5.89 Å². The van der Waals surface area contributed by atoms with Gasteiger partial charge < -0.3 is 4.42 Å². The first-order valence-electron chi connectivity index (χ1n) is 8.30. The maximum Gasteiger partial charge on any atom is 0.322 e. The van der Waals surface area contributed by atoms with E-state index >= 15 is 0 Å². The zero-order valence-electron chi connectivity index (χ0n) is 14.9. The molecule has 1 N–H and O–H groups in total. The first-order chi connectivity index (χ1) is 13.4. The molecule has 4 rings (SSSR count). The Morgan fingerprint density at radius 3 is 2.57 bits per heavy atom. The van der Waals surface area contributed by atoms with Gasteiger partial charge in [0.15, 0.2) is 0 Å². The largest absolute Gasteiger partial charge is 0.403 e. The molecule has 0 aliphatic carbocycles. The fourth-order valence-corrected chi connectivity index (χ4v) is 3.84. The number of thiophene rings is 1. The third-order valence-corrected chi connectivity index (χ3v) is 5.16. The van der Waals surface area contributed by atoms with Crippen molar-refractivity contribution in [1.29, 1.82) is 0 Å². The van der Waals surface area contributed by atoms with Gasteiger partial charge in [-0.2, -0.15) is 0 Å². The fourth-order valence-electron chi connectivity index (χ4n) is 2.90. The second-order valence-electron chi connectivity index (χ2n) is 6.33. The topological polar surface area (TPSA) is 111 Å². The van der Waals surface area contributed by atoms with Gasteiger partial charge in [0.1, 0.15) is 0 Å². The normalized spacial score (nSPS) is 10.9. The number of aryl methyl sites for hydroxylation is 2. The van der Waals surface area contributed by atoms with E-state index in [0.717, 1.165) is 21.4 Å². The van der Waals surface area contributed by atoms with E-state index in [4.69, 9.17) is 4.42 Å². The highest BCUT2D eigenvalue weighted by Crippen LogP contribution is 2.29. The Hall–Kier alpha value is -3.59. The van der Waals surface area contributed by atoms with Gasteiger partial charge in [0.05, 0.1) is 9.80 Å². The average Bonchev–Trinajstić information content (AvgIpc) is 3.26. The number of nitro groups is 1. The van der Waals surface area contributed by atoms with E-state index in [2.05, 4.69) is 15.5 Å². The SMILES string of the molecule is Cc1cc(C)cc(-c2nnc(NC(=O)c3cc4cc([N+](=O)[O-])ccc4s3)o2)c1. The van der Waals surface area contributed by atoms with Crippen LogP contribution >= 0.6 is 11.3 Å². The van der Waals surface area contributed by atoms with Gasteiger partial charge in [0.25, 0.3) is 11.6 Å². The zero-order valence-corrected chi connectivity index (χ0v) is 15.7. The Morgan fingerprint density at radius 2 is 1.86 bits per heavy atom. The summed E-state index contributed by atoms with van der Waals surface area (Å²) in [5, 5.41) is 22.0. The lowest BCUT2D eigenvalue weighted by Crippen LogP contribution is -2.10. The summed E-state index contributed by atoms with van der Waals surface area (Å²) in [5.41, 5.74) is 2.89. The van der Waals surface area contributed by atoms with Gasteiger partial charge in [-0.1, -0.05) is 22.3 Å². The van der Waals surface area contributed by atoms with Gasteiger partial charge in [-0.15, -0.1) is 16.4 Å². The van der Waals surface area contributed by atoms with E-state index in [-0.39, 0.29) is 11.7 Å². The molecule has 8 nitrogen and oxygen atoms in total. The van der Waals surface area contributed by atoms with E-state index in [9.17, 15) is 14.9 Å². The number of hydrogen-bond acceptors (Lipinski definition) is 7. The molecule has 9 heteroatoms. The second-order valence-corrected chi connectivity index (χ2v) is 7.42. The minimum Gasteiger partial charge on any atom is -0.403 e. The van der Waals surface area contributed by atoms with E-state index < -0.39 is 10.8 Å². The maximum absolute atomic E-state index is 12.5. The average molecular weight is 394 g/mol. The Morgan fingerprint density at radius 1 is 1.11 bits per heavy atom. The Kier molecular flexibility index (Phi) is 4.36. The van der Waals surface area contributed by atoms with Gasteiger partial charge in [-0.05, 0) is 38.1 Å². The van der Waals surface area contributed by atoms with Crippen molar-refractivity contribution >= 4 is 39.0 Å². The molecular weight excluding hydrogens is 380 g/mol. The molecule has 28 heavy (non-hydrogen) atoms. The minimum absolute atomic E-state index is 0.0115. The summed E-state index contributed by atoms with van der Waals surface area (Å²) < 4.78 is 6.33. The first-order valence-corrected chi connectivity index (χ1v) is 9.12. The summed E-state index contributed by atoms with van der Waals surface area (Å²) in [6.45, 7) is 3.95. The lowest BCUT2D eigenvalue weighted by Gasteiger charge is -2.00. The number of carbonyl (C=O) groups excluding carboxylic acids is 1. The van der Waals surface area contributed by atoms with E-state index in [1.807, 2.05) is 32.0 Å². The maximum atomic E-state index is 12.5. The number of nitrogens with zero attached hydrogens (tertiary/aromatic N) is 3. The van der Waals surface area contributed by atoms with Crippen LogP contribution in [0.4, 0.5) is 11.7 Å². The Bertz CT molecular complexity index is 1210. The highest BCUT2D eigenvalue weighted by atomic mass is 32.1. The minimum atomic E-state index is -0.468. The molecule has 0 unspecified atom stereocenters. The highest BCUT2D eigenvalue weighted by Gasteiger charge is 2.16. The predicted octanol–water partition coefficient (Wildman–Crippen LogP) is 4.73. The van der Waals surface area contributed by atoms with Crippen LogP contribution in [0.3, 0.4) is 0 Å². The number of nitro benzene ring substituents is 1. The number of carbonyl (C=O) groups is 1. The molecule has 0 radical (unpaired) electrons. The van der Waals surface area contributed by atoms with Gasteiger partial charge in [0, 0.05) is 27.8 Å². The molecule has 1 amide bonds. The lowest BCUT2D eigenvalue weighted by molar-refractivity contribution is -0.384. The molecule has 2 aromatic carbocycles. The van der Waals surface area contributed by atoms with E-state index in [0.29, 0.717) is 16.2 Å². The molecule has 0 aliphatic rings. The summed E-state index contributed by atoms with van der Waals surface area (Å²) in [6.07, 6.45) is 0. The first kappa shape index (κ1) is 17.8. The van der Waals surface area contributed by atoms with Crippen LogP contribution in [-0.4, -0.2) is 21.0 Å². The summed E-state index contributed by atoms with van der Waals surface area (Å²) in [6, 6.07) is 11.9. The van der Waals surface area contributed by atoms with Crippen LogP contribution in [0.1, 0.15) is 20.8 Å². The van der Waals surface area contributed by atoms with Crippen molar-refractivity contribution in [3.8, 4) is 11.5 Å². The molecule has 140 valence electrons. The third kappa shape index (κ3) is 3.47. The quantitative estimate of drug-likeness (QED) is 0.396. The smallest absolute Gasteiger partial charge is 0.322 e. The third-order valence-electron chi connectivity index (χ3n) is 4.05. The molecule has 2 aromatic heterocycles. The van der Waals surface area contributed by atoms with Crippen LogP contribution in [-0.2, 0) is 0 Å². The Balaban J connectivity index is 1.56. The lowest BCUT2D eigenvalue weighted by atomic mass is 10.1. The molecule has 0 saturated heterocycles. The van der Waals surface area contributed by atoms with Crippen molar-refractivity contribution in [2.75, 3.05) is 5.32 Å². The van der Waals surface area contributed by atoms with Gasteiger partial charge in [-0.25, -0.2) is 0 Å². The van der Waals surface area contributed by atoms with Crippen molar-refractivity contribution in [1.82, 2.24) is 10.2 Å². The van der Waals surface area contributed by atoms with Crippen LogP contribution in [0.5, 0.6) is 0 Å². The van der Waals surface area contributed by atoms with Crippen LogP contribution < -0.4 is 5.32 Å². The van der Waals surface area contributed by atoms with Crippen molar-refractivity contribution < 1.29 is 14.1 Å². The fraction of sp³-hybridized carbons (Fsp3) is 0.105. The van der Waals surface area contributed by atoms with Crippen LogP contribution in [0.25, 0.3) is 21.5 Å².